The normalized spacial score (nSPS) is 10.9. The second-order valence-corrected chi connectivity index (χ2v) is 7.12. The number of nitrogens with one attached hydrogen (secondary N) is 1. The molecule has 1 aromatic heterocycles. The summed E-state index contributed by atoms with van der Waals surface area (Å²) in [6.07, 6.45) is 0.537. The molecular weight excluding hydrogens is 378 g/mol. The van der Waals surface area contributed by atoms with E-state index in [4.69, 9.17) is 20.9 Å². The van der Waals surface area contributed by atoms with Crippen molar-refractivity contribution in [1.29, 1.82) is 0 Å². The molecule has 0 bridgehead atoms. The number of rotatable bonds is 7. The molecule has 3 aromatic rings. The van der Waals surface area contributed by atoms with E-state index in [1.54, 1.807) is 18.2 Å². The molecule has 0 unspecified atom stereocenters. The van der Waals surface area contributed by atoms with Gasteiger partial charge in [0.25, 0.3) is 0 Å². The highest BCUT2D eigenvalue weighted by atomic mass is 35.5. The summed E-state index contributed by atoms with van der Waals surface area (Å²) in [5.74, 6) is 1.74. The fourth-order valence-corrected chi connectivity index (χ4v) is 2.87. The number of hydrogen-bond acceptors (Lipinski definition) is 5. The lowest BCUT2D eigenvalue weighted by Gasteiger charge is -2.10. The molecular formula is C21H22ClN3O3. The minimum absolute atomic E-state index is 0.193. The molecule has 28 heavy (non-hydrogen) atoms. The molecule has 0 saturated heterocycles. The first-order chi connectivity index (χ1) is 13.5. The Bertz CT molecular complexity index is 952. The Hall–Kier alpha value is -2.86. The van der Waals surface area contributed by atoms with Crippen molar-refractivity contribution in [3.8, 4) is 17.1 Å². The molecule has 0 aliphatic heterocycles. The lowest BCUT2D eigenvalue weighted by Crippen LogP contribution is -2.13. The first kappa shape index (κ1) is 19.9. The van der Waals surface area contributed by atoms with Crippen molar-refractivity contribution in [2.45, 2.75) is 32.6 Å². The zero-order chi connectivity index (χ0) is 20.1. The van der Waals surface area contributed by atoms with Gasteiger partial charge in [-0.1, -0.05) is 54.9 Å². The minimum atomic E-state index is -0.193. The van der Waals surface area contributed by atoms with Gasteiger partial charge in [0, 0.05) is 23.4 Å². The van der Waals surface area contributed by atoms with Gasteiger partial charge < -0.3 is 14.6 Å². The molecule has 0 saturated carbocycles. The first-order valence-corrected chi connectivity index (χ1v) is 9.40. The molecule has 0 spiro atoms. The smallest absolute Gasteiger partial charge is 0.227 e. The van der Waals surface area contributed by atoms with Gasteiger partial charge in [-0.05, 0) is 29.7 Å². The summed E-state index contributed by atoms with van der Waals surface area (Å²) in [5, 5.41) is 7.31. The molecule has 6 nitrogen and oxygen atoms in total. The van der Waals surface area contributed by atoms with Crippen LogP contribution in [-0.2, 0) is 11.2 Å². The number of halogens is 1. The molecule has 0 atom stereocenters. The van der Waals surface area contributed by atoms with E-state index in [-0.39, 0.29) is 12.3 Å². The highest BCUT2D eigenvalue weighted by Gasteiger charge is 2.13. The van der Waals surface area contributed by atoms with Gasteiger partial charge in [0.15, 0.2) is 0 Å². The number of methoxy groups -OCH3 is 1. The van der Waals surface area contributed by atoms with E-state index in [1.807, 2.05) is 12.1 Å². The maximum absolute atomic E-state index is 12.2. The molecule has 1 N–H and O–H groups in total. The van der Waals surface area contributed by atoms with Gasteiger partial charge in [-0.25, -0.2) is 0 Å². The minimum Gasteiger partial charge on any atom is -0.495 e. The molecule has 0 radical (unpaired) electrons. The van der Waals surface area contributed by atoms with Gasteiger partial charge in [0.2, 0.25) is 17.6 Å². The number of aromatic nitrogens is 2. The van der Waals surface area contributed by atoms with E-state index >= 15 is 0 Å². The van der Waals surface area contributed by atoms with Crippen LogP contribution < -0.4 is 10.1 Å². The van der Waals surface area contributed by atoms with Crippen LogP contribution >= 0.6 is 11.6 Å². The number of carbonyl (C=O) groups excluding carboxylic acids is 1. The van der Waals surface area contributed by atoms with E-state index in [2.05, 4.69) is 41.4 Å². The fourth-order valence-electron chi connectivity index (χ4n) is 2.70. The van der Waals surface area contributed by atoms with Crippen LogP contribution in [0.1, 0.15) is 37.6 Å². The lowest BCUT2D eigenvalue weighted by molar-refractivity contribution is -0.116. The second kappa shape index (κ2) is 8.89. The molecule has 7 heteroatoms. The summed E-state index contributed by atoms with van der Waals surface area (Å²) in [5.41, 5.74) is 2.66. The van der Waals surface area contributed by atoms with Gasteiger partial charge in [-0.2, -0.15) is 4.98 Å². The number of carbonyl (C=O) groups is 1. The van der Waals surface area contributed by atoms with Crippen molar-refractivity contribution in [1.82, 2.24) is 10.1 Å². The summed E-state index contributed by atoms with van der Waals surface area (Å²) < 4.78 is 10.5. The van der Waals surface area contributed by atoms with Crippen LogP contribution in [0.4, 0.5) is 5.69 Å². The third kappa shape index (κ3) is 4.89. The fraction of sp³-hybridized carbons (Fsp3) is 0.286. The topological polar surface area (TPSA) is 77.2 Å². The number of nitrogens with zero attached hydrogens (tertiary/aromatic N) is 2. The zero-order valence-electron chi connectivity index (χ0n) is 16.0. The quantitative estimate of drug-likeness (QED) is 0.598. The highest BCUT2D eigenvalue weighted by Crippen LogP contribution is 2.28. The molecule has 1 heterocycles. The van der Waals surface area contributed by atoms with Crippen LogP contribution in [-0.4, -0.2) is 23.2 Å². The van der Waals surface area contributed by atoms with Gasteiger partial charge in [0.05, 0.1) is 12.8 Å². The van der Waals surface area contributed by atoms with Crippen molar-refractivity contribution in [2.24, 2.45) is 0 Å². The molecule has 0 aliphatic carbocycles. The SMILES string of the molecule is COc1ccc(Cl)cc1NC(=O)CCc1nc(-c2ccc(C(C)C)cc2)no1. The lowest BCUT2D eigenvalue weighted by atomic mass is 10.0. The summed E-state index contributed by atoms with van der Waals surface area (Å²) in [6.45, 7) is 4.29. The Morgan fingerprint density at radius 1 is 1.21 bits per heavy atom. The van der Waals surface area contributed by atoms with Crippen LogP contribution in [0.2, 0.25) is 5.02 Å². The monoisotopic (exact) mass is 399 g/mol. The van der Waals surface area contributed by atoms with Gasteiger partial charge in [-0.15, -0.1) is 0 Å². The van der Waals surface area contributed by atoms with Crippen molar-refractivity contribution >= 4 is 23.2 Å². The van der Waals surface area contributed by atoms with Crippen molar-refractivity contribution in [2.75, 3.05) is 12.4 Å². The molecule has 2 aromatic carbocycles. The average Bonchev–Trinajstić information content (AvgIpc) is 3.16. The van der Waals surface area contributed by atoms with E-state index in [1.165, 1.54) is 12.7 Å². The second-order valence-electron chi connectivity index (χ2n) is 6.68. The highest BCUT2D eigenvalue weighted by molar-refractivity contribution is 6.31. The Morgan fingerprint density at radius 2 is 1.96 bits per heavy atom. The standard InChI is InChI=1S/C21H22ClN3O3/c1-13(2)14-4-6-15(7-5-14)21-24-20(28-25-21)11-10-19(26)23-17-12-16(22)8-9-18(17)27-3/h4-9,12-13H,10-11H2,1-3H3,(H,23,26). The number of ether oxygens (including phenoxy) is 1. The van der Waals surface area contributed by atoms with Crippen LogP contribution in [0.15, 0.2) is 47.0 Å². The van der Waals surface area contributed by atoms with Crippen LogP contribution in [0.3, 0.4) is 0 Å². The summed E-state index contributed by atoms with van der Waals surface area (Å²) in [4.78, 5) is 16.6. The Morgan fingerprint density at radius 3 is 2.64 bits per heavy atom. The Labute approximate surface area is 168 Å². The summed E-state index contributed by atoms with van der Waals surface area (Å²) in [7, 11) is 1.53. The molecule has 1 amide bonds. The predicted octanol–water partition coefficient (Wildman–Crippen LogP) is 5.09. The number of aryl methyl sites for hydroxylation is 1. The largest absolute Gasteiger partial charge is 0.495 e. The molecule has 146 valence electrons. The van der Waals surface area contributed by atoms with Crippen molar-refractivity contribution in [3.05, 3.63) is 58.9 Å². The maximum atomic E-state index is 12.2. The zero-order valence-corrected chi connectivity index (χ0v) is 16.8. The summed E-state index contributed by atoms with van der Waals surface area (Å²) >= 11 is 5.98. The van der Waals surface area contributed by atoms with E-state index in [0.717, 1.165) is 5.56 Å². The van der Waals surface area contributed by atoms with Crippen LogP contribution in [0.25, 0.3) is 11.4 Å². The van der Waals surface area contributed by atoms with Crippen molar-refractivity contribution < 1.29 is 14.1 Å². The molecule has 3 rings (SSSR count). The average molecular weight is 400 g/mol. The third-order valence-electron chi connectivity index (χ3n) is 4.31. The summed E-state index contributed by atoms with van der Waals surface area (Å²) in [6, 6.07) is 13.1. The predicted molar refractivity (Wildman–Crippen MR) is 109 cm³/mol. The number of anilines is 1. The van der Waals surface area contributed by atoms with Crippen molar-refractivity contribution in [3.63, 3.8) is 0 Å². The van der Waals surface area contributed by atoms with Gasteiger partial charge in [0.1, 0.15) is 5.75 Å². The Kier molecular flexibility index (Phi) is 6.31. The van der Waals surface area contributed by atoms with Crippen LogP contribution in [0, 0.1) is 0 Å². The number of amides is 1. The maximum Gasteiger partial charge on any atom is 0.227 e. The first-order valence-electron chi connectivity index (χ1n) is 9.02. The number of benzene rings is 2. The Balaban J connectivity index is 1.60. The number of hydrogen-bond donors (Lipinski definition) is 1. The third-order valence-corrected chi connectivity index (χ3v) is 4.54. The molecule has 0 aliphatic rings. The van der Waals surface area contributed by atoms with E-state index in [0.29, 0.717) is 40.5 Å². The van der Waals surface area contributed by atoms with Gasteiger partial charge >= 0.3 is 0 Å². The molecule has 0 fully saturated rings. The van der Waals surface area contributed by atoms with E-state index in [9.17, 15) is 4.79 Å². The van der Waals surface area contributed by atoms with Gasteiger partial charge in [-0.3, -0.25) is 4.79 Å². The van der Waals surface area contributed by atoms with Crippen LogP contribution in [0.5, 0.6) is 5.75 Å². The van der Waals surface area contributed by atoms with E-state index < -0.39 is 0 Å².